The molecule has 5 rings (SSSR count). The van der Waals surface area contributed by atoms with Crippen LogP contribution in [0.2, 0.25) is 0 Å². The number of nitrogens with two attached hydrogens (primary N) is 1. The number of hydrogen-bond acceptors (Lipinski definition) is 6. The standard InChI is InChI=1S/C23H30N6O2/c1-12-20-18(10-23(2,3)11-19(20)31)29(28-12)14-8-16(21-17(9-14)26-27-22(21)24)25-13-5-4-6-15(30)7-13/h8-9,13,15,25,30H,4-7,10-11H2,1-3H3,(H3,24,26,27). The van der Waals surface area contributed by atoms with Gasteiger partial charge in [-0.05, 0) is 56.6 Å². The van der Waals surface area contributed by atoms with Crippen molar-refractivity contribution in [1.29, 1.82) is 0 Å². The molecular formula is C23H30N6O2. The lowest BCUT2D eigenvalue weighted by atomic mass is 9.75. The smallest absolute Gasteiger partial charge is 0.167 e. The first-order valence-electron chi connectivity index (χ1n) is 11.1. The minimum atomic E-state index is -0.277. The van der Waals surface area contributed by atoms with Crippen LogP contribution >= 0.6 is 0 Å². The lowest BCUT2D eigenvalue weighted by Crippen LogP contribution is -2.30. The van der Waals surface area contributed by atoms with Gasteiger partial charge in [0.2, 0.25) is 0 Å². The molecule has 8 nitrogen and oxygen atoms in total. The van der Waals surface area contributed by atoms with Crippen molar-refractivity contribution in [1.82, 2.24) is 20.0 Å². The first kappa shape index (κ1) is 20.1. The second kappa shape index (κ2) is 7.09. The average molecular weight is 423 g/mol. The van der Waals surface area contributed by atoms with Crippen LogP contribution in [-0.2, 0) is 6.42 Å². The number of H-pyrrole nitrogens is 1. The molecule has 2 unspecified atom stereocenters. The summed E-state index contributed by atoms with van der Waals surface area (Å²) < 4.78 is 1.90. The molecule has 3 aromatic rings. The van der Waals surface area contributed by atoms with E-state index in [2.05, 4.69) is 29.4 Å². The van der Waals surface area contributed by atoms with E-state index in [9.17, 15) is 9.90 Å². The molecule has 1 fully saturated rings. The first-order chi connectivity index (χ1) is 14.7. The van der Waals surface area contributed by atoms with Crippen LogP contribution in [0.5, 0.6) is 0 Å². The van der Waals surface area contributed by atoms with E-state index in [-0.39, 0.29) is 23.3 Å². The molecule has 0 amide bonds. The fourth-order valence-electron chi connectivity index (χ4n) is 5.27. The summed E-state index contributed by atoms with van der Waals surface area (Å²) in [5, 5.41) is 26.5. The van der Waals surface area contributed by atoms with E-state index in [0.717, 1.165) is 64.9 Å². The normalized spacial score (nSPS) is 23.2. The van der Waals surface area contributed by atoms with Crippen molar-refractivity contribution in [2.75, 3.05) is 11.1 Å². The molecule has 0 aliphatic heterocycles. The van der Waals surface area contributed by atoms with E-state index in [1.165, 1.54) is 0 Å². The Morgan fingerprint density at radius 2 is 2.10 bits per heavy atom. The molecule has 2 heterocycles. The molecule has 8 heteroatoms. The third-order valence-corrected chi connectivity index (χ3v) is 6.65. The Hall–Kier alpha value is -2.87. The highest BCUT2D eigenvalue weighted by Crippen LogP contribution is 2.38. The number of ketones is 1. The number of nitrogens with one attached hydrogen (secondary N) is 2. The van der Waals surface area contributed by atoms with Crippen molar-refractivity contribution in [3.63, 3.8) is 0 Å². The molecule has 0 bridgehead atoms. The predicted molar refractivity (Wildman–Crippen MR) is 121 cm³/mol. The molecule has 31 heavy (non-hydrogen) atoms. The van der Waals surface area contributed by atoms with Gasteiger partial charge in [-0.2, -0.15) is 10.2 Å². The summed E-state index contributed by atoms with van der Waals surface area (Å²) in [5.74, 6) is 0.604. The number of benzene rings is 1. The zero-order valence-electron chi connectivity index (χ0n) is 18.3. The van der Waals surface area contributed by atoms with Crippen molar-refractivity contribution in [2.24, 2.45) is 5.41 Å². The lowest BCUT2D eigenvalue weighted by Gasteiger charge is -2.29. The van der Waals surface area contributed by atoms with Crippen molar-refractivity contribution in [2.45, 2.75) is 71.4 Å². The number of carbonyl (C=O) groups is 1. The molecule has 1 aromatic carbocycles. The van der Waals surface area contributed by atoms with E-state index in [4.69, 9.17) is 10.8 Å². The highest BCUT2D eigenvalue weighted by atomic mass is 16.3. The van der Waals surface area contributed by atoms with Crippen molar-refractivity contribution in [3.05, 3.63) is 29.1 Å². The number of hydrogen-bond donors (Lipinski definition) is 4. The topological polar surface area (TPSA) is 122 Å². The maximum atomic E-state index is 12.8. The van der Waals surface area contributed by atoms with Crippen molar-refractivity contribution >= 4 is 28.2 Å². The van der Waals surface area contributed by atoms with Gasteiger partial charge in [0.1, 0.15) is 0 Å². The fraction of sp³-hybridized carbons (Fsp3) is 0.522. The molecule has 2 aromatic heterocycles. The van der Waals surface area contributed by atoms with E-state index in [1.54, 1.807) is 0 Å². The number of aromatic amines is 1. The molecule has 2 aliphatic carbocycles. The monoisotopic (exact) mass is 422 g/mol. The third-order valence-electron chi connectivity index (χ3n) is 6.65. The van der Waals surface area contributed by atoms with Crippen LogP contribution in [-0.4, -0.2) is 43.0 Å². The lowest BCUT2D eigenvalue weighted by molar-refractivity contribution is 0.0910. The quantitative estimate of drug-likeness (QED) is 0.512. The second-order valence-electron chi connectivity index (χ2n) is 9.95. The van der Waals surface area contributed by atoms with Crippen LogP contribution in [0.3, 0.4) is 0 Å². The Bertz CT molecular complexity index is 1170. The number of nitrogen functional groups attached to an aromatic ring is 1. The second-order valence-corrected chi connectivity index (χ2v) is 9.95. The number of anilines is 2. The van der Waals surface area contributed by atoms with E-state index >= 15 is 0 Å². The van der Waals surface area contributed by atoms with Gasteiger partial charge in [-0.3, -0.25) is 9.89 Å². The van der Waals surface area contributed by atoms with Crippen LogP contribution in [0.1, 0.15) is 67.7 Å². The summed E-state index contributed by atoms with van der Waals surface area (Å²) in [6.07, 6.45) is 4.60. The van der Waals surface area contributed by atoms with Crippen molar-refractivity contribution < 1.29 is 9.90 Å². The zero-order chi connectivity index (χ0) is 21.9. The third kappa shape index (κ3) is 3.48. The minimum Gasteiger partial charge on any atom is -0.393 e. The molecule has 0 spiro atoms. The highest BCUT2D eigenvalue weighted by Gasteiger charge is 2.36. The Kier molecular flexibility index (Phi) is 4.58. The van der Waals surface area contributed by atoms with Gasteiger partial charge in [-0.1, -0.05) is 13.8 Å². The SMILES string of the molecule is Cc1nn(-c2cc(NC3CCCC(O)C3)c3c(N)n[nH]c3c2)c2c1C(=O)CC(C)(C)C2. The highest BCUT2D eigenvalue weighted by molar-refractivity contribution is 6.02. The van der Waals surface area contributed by atoms with Gasteiger partial charge in [0.05, 0.1) is 39.6 Å². The number of nitrogens with zero attached hydrogens (tertiary/aromatic N) is 3. The largest absolute Gasteiger partial charge is 0.393 e. The number of aliphatic hydroxyl groups is 1. The summed E-state index contributed by atoms with van der Waals surface area (Å²) in [6, 6.07) is 4.19. The summed E-state index contributed by atoms with van der Waals surface area (Å²) in [5.41, 5.74) is 11.1. The van der Waals surface area contributed by atoms with Gasteiger partial charge in [0.25, 0.3) is 0 Å². The Morgan fingerprint density at radius 1 is 1.29 bits per heavy atom. The van der Waals surface area contributed by atoms with Gasteiger partial charge in [0, 0.05) is 18.2 Å². The average Bonchev–Trinajstić information content (AvgIpc) is 3.21. The van der Waals surface area contributed by atoms with E-state index < -0.39 is 0 Å². The van der Waals surface area contributed by atoms with Crippen LogP contribution < -0.4 is 11.1 Å². The van der Waals surface area contributed by atoms with E-state index in [1.807, 2.05) is 23.7 Å². The molecule has 2 atom stereocenters. The Balaban J connectivity index is 1.62. The summed E-state index contributed by atoms with van der Waals surface area (Å²) in [6.45, 7) is 6.15. The van der Waals surface area contributed by atoms with Gasteiger partial charge >= 0.3 is 0 Å². The number of rotatable bonds is 3. The number of carbonyl (C=O) groups excluding carboxylic acids is 1. The van der Waals surface area contributed by atoms with Gasteiger partial charge in [0.15, 0.2) is 11.6 Å². The summed E-state index contributed by atoms with van der Waals surface area (Å²) in [7, 11) is 0. The van der Waals surface area contributed by atoms with E-state index in [0.29, 0.717) is 18.7 Å². The van der Waals surface area contributed by atoms with Gasteiger partial charge in [-0.15, -0.1) is 0 Å². The fourth-order valence-corrected chi connectivity index (χ4v) is 5.27. The molecule has 1 saturated carbocycles. The number of aliphatic hydroxyl groups excluding tert-OH is 1. The van der Waals surface area contributed by atoms with Gasteiger partial charge in [-0.25, -0.2) is 4.68 Å². The van der Waals surface area contributed by atoms with Crippen LogP contribution in [0.4, 0.5) is 11.5 Å². The zero-order valence-corrected chi connectivity index (χ0v) is 18.3. The molecule has 164 valence electrons. The van der Waals surface area contributed by atoms with Crippen molar-refractivity contribution in [3.8, 4) is 5.69 Å². The number of Topliss-reactive ketones (excluding diaryl/α,β-unsaturated/α-hetero) is 1. The van der Waals surface area contributed by atoms with Gasteiger partial charge < -0.3 is 16.2 Å². The molecule has 2 aliphatic rings. The first-order valence-corrected chi connectivity index (χ1v) is 11.1. The van der Waals surface area contributed by atoms with Crippen LogP contribution in [0.25, 0.3) is 16.6 Å². The summed E-state index contributed by atoms with van der Waals surface area (Å²) in [4.78, 5) is 12.8. The number of fused-ring (bicyclic) bond motifs is 2. The maximum Gasteiger partial charge on any atom is 0.167 e. The molecule has 5 N–H and O–H groups in total. The van der Waals surface area contributed by atoms with Crippen LogP contribution in [0, 0.1) is 12.3 Å². The minimum absolute atomic E-state index is 0.101. The Labute approximate surface area is 181 Å². The number of aromatic nitrogens is 4. The summed E-state index contributed by atoms with van der Waals surface area (Å²) >= 11 is 0. The molecular weight excluding hydrogens is 392 g/mol. The predicted octanol–water partition coefficient (Wildman–Crippen LogP) is 3.51. The van der Waals surface area contributed by atoms with Crippen LogP contribution in [0.15, 0.2) is 12.1 Å². The molecule has 0 radical (unpaired) electrons. The maximum absolute atomic E-state index is 12.8. The molecule has 0 saturated heterocycles. The number of aryl methyl sites for hydroxylation is 1. The Morgan fingerprint density at radius 3 is 2.87 bits per heavy atom.